The Morgan fingerprint density at radius 3 is 2.67 bits per heavy atom. The lowest BCUT2D eigenvalue weighted by Gasteiger charge is -2.25. The molecule has 1 aromatic carbocycles. The molecule has 9 heteroatoms. The summed E-state index contributed by atoms with van der Waals surface area (Å²) in [6.07, 6.45) is 0.775. The first-order valence-corrected chi connectivity index (χ1v) is 11.4. The van der Waals surface area contributed by atoms with E-state index in [0.717, 1.165) is 36.8 Å². The van der Waals surface area contributed by atoms with Gasteiger partial charge < -0.3 is 15.4 Å². The van der Waals surface area contributed by atoms with Gasteiger partial charge in [0, 0.05) is 37.7 Å². The van der Waals surface area contributed by atoms with Crippen molar-refractivity contribution in [3.8, 4) is 5.75 Å². The van der Waals surface area contributed by atoms with Crippen LogP contribution in [0.2, 0.25) is 5.02 Å². The van der Waals surface area contributed by atoms with Gasteiger partial charge in [0.25, 0.3) is 0 Å². The monoisotopic (exact) mass is 416 g/mol. The second-order valence-corrected chi connectivity index (χ2v) is 9.10. The van der Waals surface area contributed by atoms with E-state index in [1.165, 1.54) is 0 Å². The van der Waals surface area contributed by atoms with Crippen molar-refractivity contribution in [2.75, 3.05) is 57.9 Å². The minimum absolute atomic E-state index is 0.248. The topological polar surface area (TPSA) is 83.0 Å². The molecular weight excluding hydrogens is 388 g/mol. The Morgan fingerprint density at radius 2 is 2.04 bits per heavy atom. The van der Waals surface area contributed by atoms with Crippen LogP contribution in [0.15, 0.2) is 23.2 Å². The zero-order valence-corrected chi connectivity index (χ0v) is 17.6. The van der Waals surface area contributed by atoms with Gasteiger partial charge in [0.2, 0.25) is 0 Å². The third-order valence-electron chi connectivity index (χ3n) is 4.41. The van der Waals surface area contributed by atoms with Crippen molar-refractivity contribution < 1.29 is 13.2 Å². The van der Waals surface area contributed by atoms with E-state index in [4.69, 9.17) is 16.3 Å². The fourth-order valence-electron chi connectivity index (χ4n) is 2.79. The van der Waals surface area contributed by atoms with E-state index < -0.39 is 9.84 Å². The first kappa shape index (κ1) is 21.8. The number of benzene rings is 1. The van der Waals surface area contributed by atoms with Crippen LogP contribution in [0, 0.1) is 0 Å². The number of ether oxygens (including phenoxy) is 1. The molecule has 1 aliphatic heterocycles. The molecule has 2 rings (SSSR count). The number of halogens is 1. The summed E-state index contributed by atoms with van der Waals surface area (Å²) in [4.78, 5) is 6.72. The molecule has 2 N–H and O–H groups in total. The molecule has 152 valence electrons. The molecule has 0 spiro atoms. The highest BCUT2D eigenvalue weighted by Gasteiger charge is 2.20. The van der Waals surface area contributed by atoms with Crippen LogP contribution in [-0.2, 0) is 16.3 Å². The minimum Gasteiger partial charge on any atom is -0.497 e. The van der Waals surface area contributed by atoms with E-state index >= 15 is 0 Å². The van der Waals surface area contributed by atoms with Gasteiger partial charge in [-0.2, -0.15) is 0 Å². The lowest BCUT2D eigenvalue weighted by Crippen LogP contribution is -2.42. The van der Waals surface area contributed by atoms with Gasteiger partial charge in [0.05, 0.1) is 25.2 Å². The maximum Gasteiger partial charge on any atom is 0.191 e. The predicted octanol–water partition coefficient (Wildman–Crippen LogP) is 1.18. The molecule has 0 atom stereocenters. The lowest BCUT2D eigenvalue weighted by atomic mass is 10.1. The summed E-state index contributed by atoms with van der Waals surface area (Å²) >= 11 is 6.27. The summed E-state index contributed by atoms with van der Waals surface area (Å²) in [5.41, 5.74) is 1.05. The molecule has 1 saturated heterocycles. The summed E-state index contributed by atoms with van der Waals surface area (Å²) in [5, 5.41) is 7.23. The van der Waals surface area contributed by atoms with Gasteiger partial charge in [0.15, 0.2) is 15.8 Å². The second kappa shape index (κ2) is 10.7. The van der Waals surface area contributed by atoms with Gasteiger partial charge in [-0.05, 0) is 31.0 Å². The number of hydrogen-bond donors (Lipinski definition) is 2. The Bertz CT molecular complexity index is 726. The van der Waals surface area contributed by atoms with Crippen molar-refractivity contribution in [2.24, 2.45) is 4.99 Å². The molecule has 0 bridgehead atoms. The largest absolute Gasteiger partial charge is 0.497 e. The van der Waals surface area contributed by atoms with Crippen molar-refractivity contribution in [1.29, 1.82) is 0 Å². The zero-order chi connectivity index (χ0) is 19.7. The van der Waals surface area contributed by atoms with E-state index in [9.17, 15) is 8.42 Å². The molecule has 27 heavy (non-hydrogen) atoms. The molecule has 0 amide bonds. The standard InChI is InChI=1S/C18H29ClN4O3S/c1-3-20-18(22-8-9-23-10-12-27(24,25)13-11-23)21-7-6-15-4-5-16(26-2)14-17(15)19/h4-5,14H,3,6-13H2,1-2H3,(H2,20,21,22). The smallest absolute Gasteiger partial charge is 0.191 e. The molecule has 0 aromatic heterocycles. The van der Waals surface area contributed by atoms with Crippen LogP contribution < -0.4 is 15.4 Å². The van der Waals surface area contributed by atoms with Crippen LogP contribution in [0.5, 0.6) is 5.75 Å². The van der Waals surface area contributed by atoms with Gasteiger partial charge in [0.1, 0.15) is 5.75 Å². The van der Waals surface area contributed by atoms with Crippen molar-refractivity contribution >= 4 is 27.4 Å². The number of nitrogens with zero attached hydrogens (tertiary/aromatic N) is 2. The first-order valence-electron chi connectivity index (χ1n) is 9.21. The molecule has 0 saturated carbocycles. The van der Waals surface area contributed by atoms with Gasteiger partial charge >= 0.3 is 0 Å². The number of sulfone groups is 1. The van der Waals surface area contributed by atoms with E-state index in [0.29, 0.717) is 31.2 Å². The highest BCUT2D eigenvalue weighted by atomic mass is 35.5. The number of rotatable bonds is 8. The second-order valence-electron chi connectivity index (χ2n) is 6.39. The van der Waals surface area contributed by atoms with Crippen LogP contribution in [0.1, 0.15) is 12.5 Å². The highest BCUT2D eigenvalue weighted by molar-refractivity contribution is 7.91. The number of nitrogens with one attached hydrogen (secondary N) is 2. The average Bonchev–Trinajstić information content (AvgIpc) is 2.64. The summed E-state index contributed by atoms with van der Waals surface area (Å²) in [6, 6.07) is 5.69. The Kier molecular flexibility index (Phi) is 8.66. The number of methoxy groups -OCH3 is 1. The van der Waals surface area contributed by atoms with Crippen LogP contribution >= 0.6 is 11.6 Å². The third kappa shape index (κ3) is 7.56. The average molecular weight is 417 g/mol. The maximum absolute atomic E-state index is 11.5. The van der Waals surface area contributed by atoms with Crippen molar-refractivity contribution in [2.45, 2.75) is 13.3 Å². The maximum atomic E-state index is 11.5. The van der Waals surface area contributed by atoms with E-state index in [2.05, 4.69) is 20.5 Å². The molecular formula is C18H29ClN4O3S. The Balaban J connectivity index is 1.78. The molecule has 1 aliphatic rings. The Labute approximate surface area is 167 Å². The number of aliphatic imine (C=N–C) groups is 1. The van der Waals surface area contributed by atoms with Gasteiger partial charge in [-0.15, -0.1) is 0 Å². The highest BCUT2D eigenvalue weighted by Crippen LogP contribution is 2.22. The van der Waals surface area contributed by atoms with E-state index in [-0.39, 0.29) is 11.5 Å². The van der Waals surface area contributed by atoms with Gasteiger partial charge in [-0.1, -0.05) is 17.7 Å². The molecule has 0 aliphatic carbocycles. The summed E-state index contributed by atoms with van der Waals surface area (Å²) in [7, 11) is -1.21. The quantitative estimate of drug-likeness (QED) is 0.489. The Morgan fingerprint density at radius 1 is 1.30 bits per heavy atom. The summed E-state index contributed by atoms with van der Waals surface area (Å²) in [6.45, 7) is 6.08. The summed E-state index contributed by atoms with van der Waals surface area (Å²) in [5.74, 6) is 2.00. The number of hydrogen-bond acceptors (Lipinski definition) is 5. The first-order chi connectivity index (χ1) is 12.9. The SMILES string of the molecule is CCNC(=NCCN1CCS(=O)(=O)CC1)NCCc1ccc(OC)cc1Cl. The van der Waals surface area contributed by atoms with Crippen molar-refractivity contribution in [1.82, 2.24) is 15.5 Å². The van der Waals surface area contributed by atoms with Crippen LogP contribution in [0.25, 0.3) is 0 Å². The van der Waals surface area contributed by atoms with Gasteiger partial charge in [-0.25, -0.2) is 8.42 Å². The molecule has 0 unspecified atom stereocenters. The van der Waals surface area contributed by atoms with Crippen LogP contribution in [-0.4, -0.2) is 77.2 Å². The van der Waals surface area contributed by atoms with E-state index in [1.807, 2.05) is 25.1 Å². The molecule has 7 nitrogen and oxygen atoms in total. The molecule has 1 heterocycles. The normalized spacial score (nSPS) is 17.5. The molecule has 1 fully saturated rings. The third-order valence-corrected chi connectivity index (χ3v) is 6.38. The van der Waals surface area contributed by atoms with Gasteiger partial charge in [-0.3, -0.25) is 9.89 Å². The van der Waals surface area contributed by atoms with Crippen LogP contribution in [0.4, 0.5) is 0 Å². The zero-order valence-electron chi connectivity index (χ0n) is 16.0. The van der Waals surface area contributed by atoms with Crippen molar-refractivity contribution in [3.63, 3.8) is 0 Å². The molecule has 1 aromatic rings. The Hall–Kier alpha value is -1.51. The van der Waals surface area contributed by atoms with Crippen molar-refractivity contribution in [3.05, 3.63) is 28.8 Å². The predicted molar refractivity (Wildman–Crippen MR) is 111 cm³/mol. The van der Waals surface area contributed by atoms with E-state index in [1.54, 1.807) is 7.11 Å². The fraction of sp³-hybridized carbons (Fsp3) is 0.611. The fourth-order valence-corrected chi connectivity index (χ4v) is 4.33. The summed E-state index contributed by atoms with van der Waals surface area (Å²) < 4.78 is 28.1. The number of guanidine groups is 1. The van der Waals surface area contributed by atoms with Crippen LogP contribution in [0.3, 0.4) is 0 Å². The molecule has 0 radical (unpaired) electrons. The lowest BCUT2D eigenvalue weighted by molar-refractivity contribution is 0.304. The minimum atomic E-state index is -2.83.